The van der Waals surface area contributed by atoms with Crippen LogP contribution in [0.25, 0.3) is 0 Å². The highest BCUT2D eigenvalue weighted by Crippen LogP contribution is 2.19. The summed E-state index contributed by atoms with van der Waals surface area (Å²) >= 11 is 0. The molecule has 0 radical (unpaired) electrons. The van der Waals surface area contributed by atoms with E-state index in [9.17, 15) is 4.79 Å². The number of rotatable bonds is 4. The molecule has 2 saturated heterocycles. The number of piperidine rings is 1. The van der Waals surface area contributed by atoms with Crippen molar-refractivity contribution in [3.63, 3.8) is 0 Å². The molecule has 1 N–H and O–H groups in total. The first-order valence-electron chi connectivity index (χ1n) is 9.39. The molecule has 2 aliphatic rings. The molecule has 0 unspecified atom stereocenters. The maximum absolute atomic E-state index is 11.8. The van der Waals surface area contributed by atoms with Crippen LogP contribution in [0.2, 0.25) is 0 Å². The van der Waals surface area contributed by atoms with Crippen LogP contribution in [0.5, 0.6) is 0 Å². The van der Waals surface area contributed by atoms with E-state index in [2.05, 4.69) is 25.4 Å². The summed E-state index contributed by atoms with van der Waals surface area (Å²) < 4.78 is 5.05. The van der Waals surface area contributed by atoms with Crippen LogP contribution >= 0.6 is 0 Å². The van der Waals surface area contributed by atoms with Crippen LogP contribution in [0.4, 0.5) is 16.6 Å². The van der Waals surface area contributed by atoms with Gasteiger partial charge in [-0.2, -0.15) is 10.1 Å². The van der Waals surface area contributed by atoms with Gasteiger partial charge in [0.15, 0.2) is 5.82 Å². The number of nitrogens with zero attached hydrogens (tertiary/aromatic N) is 5. The fourth-order valence-electron chi connectivity index (χ4n) is 3.41. The van der Waals surface area contributed by atoms with E-state index >= 15 is 0 Å². The average molecular weight is 348 g/mol. The predicted octanol–water partition coefficient (Wildman–Crippen LogP) is 2.28. The molecule has 8 heteroatoms. The monoisotopic (exact) mass is 348 g/mol. The molecule has 25 heavy (non-hydrogen) atoms. The second kappa shape index (κ2) is 8.82. The van der Waals surface area contributed by atoms with E-state index in [4.69, 9.17) is 4.74 Å². The van der Waals surface area contributed by atoms with Crippen LogP contribution in [0.15, 0.2) is 6.20 Å². The largest absolute Gasteiger partial charge is 0.450 e. The van der Waals surface area contributed by atoms with Crippen molar-refractivity contribution >= 4 is 17.9 Å². The third-order valence-corrected chi connectivity index (χ3v) is 4.83. The Morgan fingerprint density at radius 2 is 1.92 bits per heavy atom. The van der Waals surface area contributed by atoms with Crippen molar-refractivity contribution in [3.8, 4) is 0 Å². The van der Waals surface area contributed by atoms with Gasteiger partial charge in [-0.15, -0.1) is 5.10 Å². The second-order valence-corrected chi connectivity index (χ2v) is 6.64. The SMILES string of the molecule is CCOC(=O)N1CCC(Nc2nncc(N3CCCCCC3)n2)CC1. The van der Waals surface area contributed by atoms with E-state index in [0.717, 1.165) is 31.7 Å². The summed E-state index contributed by atoms with van der Waals surface area (Å²) in [5.41, 5.74) is 0. The number of carbonyl (C=O) groups is 1. The zero-order valence-electron chi connectivity index (χ0n) is 15.0. The third-order valence-electron chi connectivity index (χ3n) is 4.83. The van der Waals surface area contributed by atoms with Crippen LogP contribution in [-0.4, -0.2) is 65.0 Å². The lowest BCUT2D eigenvalue weighted by atomic mass is 10.1. The van der Waals surface area contributed by atoms with Crippen molar-refractivity contribution in [3.05, 3.63) is 6.20 Å². The lowest BCUT2D eigenvalue weighted by molar-refractivity contribution is 0.0983. The van der Waals surface area contributed by atoms with Crippen LogP contribution in [-0.2, 0) is 4.74 Å². The highest BCUT2D eigenvalue weighted by molar-refractivity contribution is 5.67. The number of amides is 1. The number of hydrogen-bond donors (Lipinski definition) is 1. The van der Waals surface area contributed by atoms with Crippen LogP contribution < -0.4 is 10.2 Å². The third kappa shape index (κ3) is 4.93. The van der Waals surface area contributed by atoms with E-state index in [1.165, 1.54) is 25.7 Å². The minimum Gasteiger partial charge on any atom is -0.450 e. The topological polar surface area (TPSA) is 83.5 Å². The minimum atomic E-state index is -0.220. The zero-order chi connectivity index (χ0) is 17.5. The molecular formula is C17H28N6O2. The highest BCUT2D eigenvalue weighted by atomic mass is 16.6. The van der Waals surface area contributed by atoms with Crippen LogP contribution in [0.3, 0.4) is 0 Å². The summed E-state index contributed by atoms with van der Waals surface area (Å²) in [6, 6.07) is 0.256. The van der Waals surface area contributed by atoms with Gasteiger partial charge in [0.2, 0.25) is 5.95 Å². The van der Waals surface area contributed by atoms with E-state index in [1.807, 2.05) is 6.92 Å². The molecule has 2 aliphatic heterocycles. The Balaban J connectivity index is 1.53. The molecular weight excluding hydrogens is 320 g/mol. The van der Waals surface area contributed by atoms with E-state index in [1.54, 1.807) is 11.1 Å². The number of aromatic nitrogens is 3. The maximum atomic E-state index is 11.8. The zero-order valence-corrected chi connectivity index (χ0v) is 15.0. The molecule has 1 amide bonds. The Morgan fingerprint density at radius 1 is 1.20 bits per heavy atom. The second-order valence-electron chi connectivity index (χ2n) is 6.64. The lowest BCUT2D eigenvalue weighted by Crippen LogP contribution is -2.42. The Labute approximate surface area is 149 Å². The van der Waals surface area contributed by atoms with Gasteiger partial charge in [-0.3, -0.25) is 0 Å². The van der Waals surface area contributed by atoms with E-state index < -0.39 is 0 Å². The summed E-state index contributed by atoms with van der Waals surface area (Å²) in [7, 11) is 0. The Kier molecular flexibility index (Phi) is 6.25. The van der Waals surface area contributed by atoms with Gasteiger partial charge in [0.1, 0.15) is 0 Å². The molecule has 1 aromatic heterocycles. The van der Waals surface area contributed by atoms with Crippen molar-refractivity contribution in [2.75, 3.05) is 43.0 Å². The van der Waals surface area contributed by atoms with Gasteiger partial charge < -0.3 is 19.9 Å². The molecule has 0 bridgehead atoms. The van der Waals surface area contributed by atoms with Gasteiger partial charge in [-0.25, -0.2) is 4.79 Å². The van der Waals surface area contributed by atoms with Crippen molar-refractivity contribution < 1.29 is 9.53 Å². The molecule has 0 aromatic carbocycles. The molecule has 3 heterocycles. The van der Waals surface area contributed by atoms with Crippen LogP contribution in [0.1, 0.15) is 45.4 Å². The predicted molar refractivity (Wildman–Crippen MR) is 95.7 cm³/mol. The molecule has 0 atom stereocenters. The van der Waals surface area contributed by atoms with E-state index in [-0.39, 0.29) is 12.1 Å². The van der Waals surface area contributed by atoms with Gasteiger partial charge in [-0.1, -0.05) is 12.8 Å². The summed E-state index contributed by atoms with van der Waals surface area (Å²) in [4.78, 5) is 20.5. The Hall–Kier alpha value is -2.12. The Bertz CT molecular complexity index is 554. The summed E-state index contributed by atoms with van der Waals surface area (Å²) in [6.07, 6.45) is 8.24. The number of hydrogen-bond acceptors (Lipinski definition) is 7. The molecule has 2 fully saturated rings. The van der Waals surface area contributed by atoms with E-state index in [0.29, 0.717) is 25.6 Å². The Morgan fingerprint density at radius 3 is 2.60 bits per heavy atom. The summed E-state index contributed by atoms with van der Waals surface area (Å²) in [5.74, 6) is 1.49. The lowest BCUT2D eigenvalue weighted by Gasteiger charge is -2.31. The molecule has 8 nitrogen and oxygen atoms in total. The van der Waals surface area contributed by atoms with Gasteiger partial charge in [0.05, 0.1) is 12.8 Å². The number of carbonyl (C=O) groups excluding carboxylic acids is 1. The average Bonchev–Trinajstić information content (AvgIpc) is 2.92. The molecule has 1 aromatic rings. The number of ether oxygens (including phenoxy) is 1. The van der Waals surface area contributed by atoms with Gasteiger partial charge in [-0.05, 0) is 32.6 Å². The van der Waals surface area contributed by atoms with Crippen molar-refractivity contribution in [2.45, 2.75) is 51.5 Å². The maximum Gasteiger partial charge on any atom is 0.409 e. The standard InChI is InChI=1S/C17H28N6O2/c1-2-25-17(24)23-11-7-14(8-12-23)19-16-20-15(13-18-21-16)22-9-5-3-4-6-10-22/h13-14H,2-12H2,1H3,(H,19,20,21). The number of anilines is 2. The summed E-state index contributed by atoms with van der Waals surface area (Å²) in [6.45, 7) is 5.70. The molecule has 0 saturated carbocycles. The highest BCUT2D eigenvalue weighted by Gasteiger charge is 2.24. The van der Waals surface area contributed by atoms with Gasteiger partial charge >= 0.3 is 6.09 Å². The first kappa shape index (κ1) is 17.7. The normalized spacial score (nSPS) is 19.4. The fourth-order valence-corrected chi connectivity index (χ4v) is 3.41. The smallest absolute Gasteiger partial charge is 0.409 e. The number of likely N-dealkylation sites (tertiary alicyclic amines) is 1. The number of nitrogens with one attached hydrogen (secondary N) is 1. The first-order valence-corrected chi connectivity index (χ1v) is 9.39. The van der Waals surface area contributed by atoms with Crippen molar-refractivity contribution in [1.82, 2.24) is 20.1 Å². The quantitative estimate of drug-likeness (QED) is 0.893. The molecule has 138 valence electrons. The van der Waals surface area contributed by atoms with Crippen molar-refractivity contribution in [2.24, 2.45) is 0 Å². The summed E-state index contributed by atoms with van der Waals surface area (Å²) in [5, 5.41) is 11.6. The first-order chi connectivity index (χ1) is 12.3. The van der Waals surface area contributed by atoms with Gasteiger partial charge in [0.25, 0.3) is 0 Å². The molecule has 0 aliphatic carbocycles. The van der Waals surface area contributed by atoms with Crippen LogP contribution in [0, 0.1) is 0 Å². The van der Waals surface area contributed by atoms with Crippen molar-refractivity contribution in [1.29, 1.82) is 0 Å². The minimum absolute atomic E-state index is 0.220. The fraction of sp³-hybridized carbons (Fsp3) is 0.765. The van der Waals surface area contributed by atoms with Gasteiger partial charge in [0, 0.05) is 32.2 Å². The molecule has 3 rings (SSSR count). The molecule has 0 spiro atoms.